The van der Waals surface area contributed by atoms with Gasteiger partial charge < -0.3 is 10.4 Å². The van der Waals surface area contributed by atoms with Gasteiger partial charge in [-0.25, -0.2) is 13.6 Å². The monoisotopic (exact) mass is 205 g/mol. The van der Waals surface area contributed by atoms with Crippen molar-refractivity contribution >= 4 is 6.09 Å². The highest BCUT2D eigenvalue weighted by Gasteiger charge is 2.50. The molecule has 2 unspecified atom stereocenters. The molecular weight excluding hydrogens is 192 g/mol. The Bertz CT molecular complexity index is 241. The number of alkyl halides is 2. The van der Waals surface area contributed by atoms with Crippen molar-refractivity contribution in [3.05, 3.63) is 0 Å². The Hall–Kier alpha value is -0.870. The second kappa shape index (κ2) is 3.07. The van der Waals surface area contributed by atoms with E-state index in [0.29, 0.717) is 0 Å². The van der Waals surface area contributed by atoms with Gasteiger partial charge in [0, 0.05) is 18.9 Å². The molecule has 2 rings (SSSR count). The Labute approximate surface area is 80.5 Å². The molecule has 0 aromatic heterocycles. The summed E-state index contributed by atoms with van der Waals surface area (Å²) in [4.78, 5) is 10.4. The molecule has 2 aliphatic carbocycles. The van der Waals surface area contributed by atoms with Crippen molar-refractivity contribution in [2.75, 3.05) is 0 Å². The standard InChI is InChI=1S/C9H13F2NO2/c10-9(11)3-5-1-2-6(4-9)7(5)12-8(13)14/h5-7,12H,1-4H2,(H,13,14). The van der Waals surface area contributed by atoms with E-state index in [2.05, 4.69) is 5.32 Å². The van der Waals surface area contributed by atoms with Gasteiger partial charge >= 0.3 is 6.09 Å². The lowest BCUT2D eigenvalue weighted by Crippen LogP contribution is -2.47. The van der Waals surface area contributed by atoms with Crippen LogP contribution in [0.3, 0.4) is 0 Å². The first-order chi connectivity index (χ1) is 6.48. The minimum absolute atomic E-state index is 0.158. The molecule has 2 N–H and O–H groups in total. The summed E-state index contributed by atoms with van der Waals surface area (Å²) in [6, 6.07) is -0.243. The zero-order valence-electron chi connectivity index (χ0n) is 7.67. The number of hydrogen-bond donors (Lipinski definition) is 2. The predicted octanol–water partition coefficient (Wildman–Crippen LogP) is 2.08. The number of amides is 1. The van der Waals surface area contributed by atoms with Crippen LogP contribution < -0.4 is 5.32 Å². The van der Waals surface area contributed by atoms with Crippen molar-refractivity contribution < 1.29 is 18.7 Å². The fourth-order valence-electron chi connectivity index (χ4n) is 2.86. The van der Waals surface area contributed by atoms with Crippen molar-refractivity contribution in [2.45, 2.75) is 37.6 Å². The third kappa shape index (κ3) is 1.67. The van der Waals surface area contributed by atoms with E-state index >= 15 is 0 Å². The highest BCUT2D eigenvalue weighted by Crippen LogP contribution is 2.48. The summed E-state index contributed by atoms with van der Waals surface area (Å²) in [6.07, 6.45) is 0.0383. The van der Waals surface area contributed by atoms with Gasteiger partial charge in [-0.05, 0) is 24.7 Å². The molecule has 0 aliphatic heterocycles. The molecule has 0 spiro atoms. The Morgan fingerprint density at radius 3 is 2.21 bits per heavy atom. The van der Waals surface area contributed by atoms with E-state index in [4.69, 9.17) is 5.11 Å². The lowest BCUT2D eigenvalue weighted by molar-refractivity contribution is -0.0659. The van der Waals surface area contributed by atoms with Crippen LogP contribution in [0.25, 0.3) is 0 Å². The fraction of sp³-hybridized carbons (Fsp3) is 0.889. The first kappa shape index (κ1) is 9.68. The van der Waals surface area contributed by atoms with Crippen LogP contribution in [0.5, 0.6) is 0 Å². The maximum atomic E-state index is 13.1. The topological polar surface area (TPSA) is 49.3 Å². The largest absolute Gasteiger partial charge is 0.465 e. The van der Waals surface area contributed by atoms with Crippen molar-refractivity contribution in [2.24, 2.45) is 11.8 Å². The molecule has 80 valence electrons. The number of carbonyl (C=O) groups is 1. The number of rotatable bonds is 1. The molecule has 3 nitrogen and oxygen atoms in total. The van der Waals surface area contributed by atoms with Crippen LogP contribution in [0.15, 0.2) is 0 Å². The third-order valence-electron chi connectivity index (χ3n) is 3.34. The molecule has 2 fully saturated rings. The van der Waals surface area contributed by atoms with E-state index in [9.17, 15) is 13.6 Å². The summed E-state index contributed by atoms with van der Waals surface area (Å²) in [5, 5.41) is 10.9. The molecule has 2 aliphatic rings. The van der Waals surface area contributed by atoms with Crippen LogP contribution in [0.1, 0.15) is 25.7 Å². The van der Waals surface area contributed by atoms with Gasteiger partial charge in [0.25, 0.3) is 0 Å². The molecule has 2 atom stereocenters. The molecule has 14 heavy (non-hydrogen) atoms. The Morgan fingerprint density at radius 1 is 1.29 bits per heavy atom. The van der Waals surface area contributed by atoms with E-state index < -0.39 is 12.0 Å². The lowest BCUT2D eigenvalue weighted by Gasteiger charge is -2.34. The second-order valence-corrected chi connectivity index (χ2v) is 4.34. The van der Waals surface area contributed by atoms with E-state index in [-0.39, 0.29) is 30.7 Å². The van der Waals surface area contributed by atoms with Gasteiger partial charge in [0.15, 0.2) is 0 Å². The molecule has 0 aromatic carbocycles. The highest BCUT2D eigenvalue weighted by molar-refractivity contribution is 5.65. The van der Waals surface area contributed by atoms with E-state index in [1.54, 1.807) is 0 Å². The van der Waals surface area contributed by atoms with Crippen LogP contribution in [0.2, 0.25) is 0 Å². The van der Waals surface area contributed by atoms with E-state index in [0.717, 1.165) is 12.8 Å². The van der Waals surface area contributed by atoms with Gasteiger partial charge in [0.1, 0.15) is 0 Å². The minimum atomic E-state index is -2.58. The van der Waals surface area contributed by atoms with Gasteiger partial charge in [-0.1, -0.05) is 0 Å². The number of nitrogens with one attached hydrogen (secondary N) is 1. The molecule has 2 bridgehead atoms. The van der Waals surface area contributed by atoms with Crippen molar-refractivity contribution in [3.8, 4) is 0 Å². The first-order valence-corrected chi connectivity index (χ1v) is 4.85. The number of fused-ring (bicyclic) bond motifs is 2. The van der Waals surface area contributed by atoms with Gasteiger partial charge in [-0.3, -0.25) is 0 Å². The highest BCUT2D eigenvalue weighted by atomic mass is 19.3. The minimum Gasteiger partial charge on any atom is -0.465 e. The summed E-state index contributed by atoms with van der Waals surface area (Å²) >= 11 is 0. The lowest BCUT2D eigenvalue weighted by atomic mass is 9.82. The van der Waals surface area contributed by atoms with Crippen LogP contribution >= 0.6 is 0 Å². The molecule has 5 heteroatoms. The average Bonchev–Trinajstić information content (AvgIpc) is 2.31. The molecule has 0 aromatic rings. The predicted molar refractivity (Wildman–Crippen MR) is 45.3 cm³/mol. The van der Waals surface area contributed by atoms with Gasteiger partial charge in [-0.2, -0.15) is 0 Å². The molecular formula is C9H13F2NO2. The Balaban J connectivity index is 2.06. The number of carboxylic acid groups (broad SMARTS) is 1. The fourth-order valence-corrected chi connectivity index (χ4v) is 2.86. The molecule has 0 radical (unpaired) electrons. The summed E-state index contributed by atoms with van der Waals surface area (Å²) in [5.41, 5.74) is 0. The molecule has 0 saturated heterocycles. The molecule has 2 saturated carbocycles. The summed E-state index contributed by atoms with van der Waals surface area (Å²) < 4.78 is 26.2. The smallest absolute Gasteiger partial charge is 0.404 e. The van der Waals surface area contributed by atoms with Crippen LogP contribution in [0.4, 0.5) is 13.6 Å². The number of hydrogen-bond acceptors (Lipinski definition) is 1. The third-order valence-corrected chi connectivity index (χ3v) is 3.34. The second-order valence-electron chi connectivity index (χ2n) is 4.34. The quantitative estimate of drug-likeness (QED) is 0.688. The van der Waals surface area contributed by atoms with Crippen LogP contribution in [0, 0.1) is 11.8 Å². The SMILES string of the molecule is O=C(O)NC1C2CCC1CC(F)(F)C2. The Morgan fingerprint density at radius 2 is 1.79 bits per heavy atom. The molecule has 0 heterocycles. The zero-order chi connectivity index (χ0) is 10.3. The van der Waals surface area contributed by atoms with E-state index in [1.165, 1.54) is 0 Å². The normalized spacial score (nSPS) is 39.4. The average molecular weight is 205 g/mol. The van der Waals surface area contributed by atoms with Crippen LogP contribution in [-0.2, 0) is 0 Å². The summed E-state index contributed by atoms with van der Waals surface area (Å²) in [6.45, 7) is 0. The zero-order valence-corrected chi connectivity index (χ0v) is 7.67. The van der Waals surface area contributed by atoms with Crippen molar-refractivity contribution in [1.82, 2.24) is 5.32 Å². The molecule has 1 amide bonds. The first-order valence-electron chi connectivity index (χ1n) is 4.85. The Kier molecular flexibility index (Phi) is 2.12. The maximum absolute atomic E-state index is 13.1. The maximum Gasteiger partial charge on any atom is 0.404 e. The summed E-state index contributed by atoms with van der Waals surface area (Å²) in [7, 11) is 0. The van der Waals surface area contributed by atoms with Gasteiger partial charge in [0.05, 0.1) is 0 Å². The van der Waals surface area contributed by atoms with Crippen LogP contribution in [-0.4, -0.2) is 23.2 Å². The van der Waals surface area contributed by atoms with E-state index in [1.807, 2.05) is 0 Å². The number of halogens is 2. The van der Waals surface area contributed by atoms with Crippen molar-refractivity contribution in [3.63, 3.8) is 0 Å². The van der Waals surface area contributed by atoms with Gasteiger partial charge in [0.2, 0.25) is 5.92 Å². The summed E-state index contributed by atoms with van der Waals surface area (Å²) in [5.74, 6) is -2.91. The van der Waals surface area contributed by atoms with Crippen molar-refractivity contribution in [1.29, 1.82) is 0 Å². The van der Waals surface area contributed by atoms with Gasteiger partial charge in [-0.15, -0.1) is 0 Å².